The average Bonchev–Trinajstić information content (AvgIpc) is 2.67. The summed E-state index contributed by atoms with van der Waals surface area (Å²) in [6.07, 6.45) is 3.67. The van der Waals surface area contributed by atoms with Crippen molar-refractivity contribution in [3.8, 4) is 5.75 Å². The second-order valence-electron chi connectivity index (χ2n) is 7.80. The zero-order valence-corrected chi connectivity index (χ0v) is 17.3. The zero-order valence-electron chi connectivity index (χ0n) is 16.5. The molecule has 2 amide bonds. The summed E-state index contributed by atoms with van der Waals surface area (Å²) in [4.78, 5) is 29.0. The molecule has 162 valence electrons. The molecule has 6 nitrogen and oxygen atoms in total. The number of alkyl halides is 2. The molecule has 2 aliphatic rings. The van der Waals surface area contributed by atoms with E-state index in [0.717, 1.165) is 25.7 Å². The van der Waals surface area contributed by atoms with E-state index < -0.39 is 12.2 Å². The summed E-state index contributed by atoms with van der Waals surface area (Å²) in [5.74, 6) is -0.645. The smallest absolute Gasteiger partial charge is 0.387 e. The largest absolute Gasteiger partial charge is 0.434 e. The number of carbonyl (C=O) groups is 2. The average molecular weight is 432 g/mol. The second-order valence-corrected chi connectivity index (χ2v) is 7.80. The first-order valence-electron chi connectivity index (χ1n) is 9.70. The van der Waals surface area contributed by atoms with E-state index in [1.807, 2.05) is 6.92 Å². The van der Waals surface area contributed by atoms with E-state index in [1.54, 1.807) is 21.9 Å². The molecule has 2 N–H and O–H groups in total. The first-order valence-corrected chi connectivity index (χ1v) is 9.70. The van der Waals surface area contributed by atoms with Crippen molar-refractivity contribution in [3.05, 3.63) is 29.8 Å². The van der Waals surface area contributed by atoms with Crippen LogP contribution >= 0.6 is 12.4 Å². The fourth-order valence-electron chi connectivity index (χ4n) is 4.13. The van der Waals surface area contributed by atoms with E-state index in [0.29, 0.717) is 26.2 Å². The quantitative estimate of drug-likeness (QED) is 0.795. The Bertz CT molecular complexity index is 725. The molecule has 29 heavy (non-hydrogen) atoms. The molecule has 2 unspecified atom stereocenters. The molecule has 0 spiro atoms. The molecule has 1 heterocycles. The van der Waals surface area contributed by atoms with Gasteiger partial charge in [0.25, 0.3) is 5.91 Å². The fraction of sp³-hybridized carbons (Fsp3) is 0.600. The molecule has 1 aliphatic heterocycles. The van der Waals surface area contributed by atoms with E-state index in [4.69, 9.17) is 5.73 Å². The highest BCUT2D eigenvalue weighted by Crippen LogP contribution is 2.33. The maximum Gasteiger partial charge on any atom is 0.387 e. The van der Waals surface area contributed by atoms with Gasteiger partial charge in [-0.2, -0.15) is 8.78 Å². The van der Waals surface area contributed by atoms with Crippen molar-refractivity contribution in [1.29, 1.82) is 0 Å². The summed E-state index contributed by atoms with van der Waals surface area (Å²) in [6.45, 7) is 0.464. The van der Waals surface area contributed by atoms with Crippen molar-refractivity contribution in [3.63, 3.8) is 0 Å². The number of benzene rings is 1. The van der Waals surface area contributed by atoms with Crippen molar-refractivity contribution in [1.82, 2.24) is 9.80 Å². The van der Waals surface area contributed by atoms with Crippen LogP contribution in [0, 0.1) is 5.92 Å². The number of nitrogens with zero attached hydrogens (tertiary/aromatic N) is 2. The number of piperazine rings is 1. The molecule has 2 atom stereocenters. The molecule has 0 radical (unpaired) electrons. The van der Waals surface area contributed by atoms with Gasteiger partial charge in [-0.1, -0.05) is 25.0 Å². The Kier molecular flexibility index (Phi) is 7.82. The molecule has 1 saturated heterocycles. The fourth-order valence-corrected chi connectivity index (χ4v) is 4.13. The topological polar surface area (TPSA) is 75.9 Å². The molecule has 1 aliphatic carbocycles. The van der Waals surface area contributed by atoms with E-state index >= 15 is 0 Å². The summed E-state index contributed by atoms with van der Waals surface area (Å²) < 4.78 is 29.6. The summed E-state index contributed by atoms with van der Waals surface area (Å²) in [5, 5.41) is 0. The number of hydrogen-bond donors (Lipinski definition) is 1. The number of rotatable bonds is 4. The number of ether oxygens (including phenoxy) is 1. The SMILES string of the molecule is CC1(N)CCCCC1C(=O)N1CCN(C(=O)c2ccccc2OC(F)F)CC1.Cl. The highest BCUT2D eigenvalue weighted by atomic mass is 35.5. The molecule has 3 rings (SSSR count). The summed E-state index contributed by atoms with van der Waals surface area (Å²) in [6, 6.07) is 5.97. The monoisotopic (exact) mass is 431 g/mol. The molecule has 0 bridgehead atoms. The number of para-hydroxylation sites is 1. The zero-order chi connectivity index (χ0) is 20.3. The number of nitrogens with two attached hydrogens (primary N) is 1. The third-order valence-corrected chi connectivity index (χ3v) is 5.76. The summed E-state index contributed by atoms with van der Waals surface area (Å²) >= 11 is 0. The van der Waals surface area contributed by atoms with Gasteiger partial charge in [0, 0.05) is 31.7 Å². The lowest BCUT2D eigenvalue weighted by molar-refractivity contribution is -0.140. The molecule has 1 saturated carbocycles. The van der Waals surface area contributed by atoms with Gasteiger partial charge in [0.1, 0.15) is 5.75 Å². The first kappa shape index (κ1) is 23.3. The van der Waals surface area contributed by atoms with E-state index in [1.165, 1.54) is 12.1 Å². The standard InChI is InChI=1S/C20H27F2N3O3.ClH/c1-20(23)9-5-4-7-15(20)18(27)25-12-10-24(11-13-25)17(26)14-6-2-3-8-16(14)28-19(21)22;/h2-3,6,8,15,19H,4-5,7,9-13,23H2,1H3;1H. The van der Waals surface area contributed by atoms with Gasteiger partial charge in [-0.3, -0.25) is 9.59 Å². The van der Waals surface area contributed by atoms with Gasteiger partial charge in [0.05, 0.1) is 11.5 Å². The maximum absolute atomic E-state index is 12.9. The van der Waals surface area contributed by atoms with E-state index in [2.05, 4.69) is 4.74 Å². The van der Waals surface area contributed by atoms with Gasteiger partial charge in [-0.05, 0) is 31.9 Å². The summed E-state index contributed by atoms with van der Waals surface area (Å²) in [7, 11) is 0. The van der Waals surface area contributed by atoms with Crippen LogP contribution in [0.3, 0.4) is 0 Å². The van der Waals surface area contributed by atoms with Crippen LogP contribution in [0.1, 0.15) is 43.0 Å². The Morgan fingerprint density at radius 1 is 1.14 bits per heavy atom. The highest BCUT2D eigenvalue weighted by molar-refractivity contribution is 5.97. The molecular formula is C20H28ClF2N3O3. The van der Waals surface area contributed by atoms with Crippen LogP contribution in [0.5, 0.6) is 5.75 Å². The van der Waals surface area contributed by atoms with Crippen LogP contribution in [-0.2, 0) is 4.79 Å². The molecule has 9 heteroatoms. The van der Waals surface area contributed by atoms with Gasteiger partial charge >= 0.3 is 6.61 Å². The van der Waals surface area contributed by atoms with Crippen LogP contribution in [0.25, 0.3) is 0 Å². The van der Waals surface area contributed by atoms with Crippen molar-refractivity contribution < 1.29 is 23.1 Å². The van der Waals surface area contributed by atoms with Crippen LogP contribution < -0.4 is 10.5 Å². The Hall–Kier alpha value is -1.93. The minimum absolute atomic E-state index is 0. The Labute approximate surface area is 175 Å². The van der Waals surface area contributed by atoms with Crippen molar-refractivity contribution in [2.45, 2.75) is 44.8 Å². The van der Waals surface area contributed by atoms with Crippen molar-refractivity contribution in [2.24, 2.45) is 11.7 Å². The molecule has 0 aromatic heterocycles. The predicted molar refractivity (Wildman–Crippen MR) is 107 cm³/mol. The Morgan fingerprint density at radius 3 is 2.38 bits per heavy atom. The normalized spacial score (nSPS) is 24.8. The van der Waals surface area contributed by atoms with Crippen molar-refractivity contribution in [2.75, 3.05) is 26.2 Å². The van der Waals surface area contributed by atoms with Crippen molar-refractivity contribution >= 4 is 24.2 Å². The Balaban J connectivity index is 0.00000300. The number of halogens is 3. The van der Waals surface area contributed by atoms with Gasteiger partial charge in [-0.15, -0.1) is 12.4 Å². The lowest BCUT2D eigenvalue weighted by Crippen LogP contribution is -2.57. The minimum Gasteiger partial charge on any atom is -0.434 e. The van der Waals surface area contributed by atoms with Gasteiger partial charge in [-0.25, -0.2) is 0 Å². The lowest BCUT2D eigenvalue weighted by atomic mass is 9.74. The van der Waals surface area contributed by atoms with E-state index in [9.17, 15) is 18.4 Å². The van der Waals surface area contributed by atoms with Crippen LogP contribution in [0.4, 0.5) is 8.78 Å². The lowest BCUT2D eigenvalue weighted by Gasteiger charge is -2.42. The predicted octanol–water partition coefficient (Wildman–Crippen LogP) is 2.90. The van der Waals surface area contributed by atoms with Crippen LogP contribution in [-0.4, -0.2) is 59.9 Å². The summed E-state index contributed by atoms with van der Waals surface area (Å²) in [5.41, 5.74) is 5.96. The maximum atomic E-state index is 12.9. The molecular weight excluding hydrogens is 404 g/mol. The van der Waals surface area contributed by atoms with Crippen LogP contribution in [0.15, 0.2) is 24.3 Å². The minimum atomic E-state index is -3.00. The van der Waals surface area contributed by atoms with Gasteiger partial charge < -0.3 is 20.3 Å². The third-order valence-electron chi connectivity index (χ3n) is 5.76. The number of amides is 2. The van der Waals surface area contributed by atoms with Crippen LogP contribution in [0.2, 0.25) is 0 Å². The van der Waals surface area contributed by atoms with Gasteiger partial charge in [0.15, 0.2) is 0 Å². The Morgan fingerprint density at radius 2 is 1.76 bits per heavy atom. The number of hydrogen-bond acceptors (Lipinski definition) is 4. The highest BCUT2D eigenvalue weighted by Gasteiger charge is 2.40. The molecule has 2 fully saturated rings. The second kappa shape index (κ2) is 9.71. The van der Waals surface area contributed by atoms with E-state index in [-0.39, 0.29) is 41.5 Å². The first-order chi connectivity index (χ1) is 13.3. The molecule has 1 aromatic carbocycles. The number of carbonyl (C=O) groups excluding carboxylic acids is 2. The third kappa shape index (κ3) is 5.36. The molecule has 1 aromatic rings. The van der Waals surface area contributed by atoms with Gasteiger partial charge in [0.2, 0.25) is 5.91 Å².